The van der Waals surface area contributed by atoms with E-state index in [1.807, 2.05) is 0 Å². The topological polar surface area (TPSA) is 64.0 Å². The van der Waals surface area contributed by atoms with Gasteiger partial charge in [-0.25, -0.2) is 9.37 Å². The molecule has 2 aromatic carbocycles. The molecular weight excluding hydrogens is 412 g/mol. The molecule has 1 heterocycles. The lowest BCUT2D eigenvalue weighted by Crippen LogP contribution is -2.22. The Bertz CT molecular complexity index is 1060. The summed E-state index contributed by atoms with van der Waals surface area (Å²) < 4.78 is 14.6. The SMILES string of the molecule is O=C(CSc1nccn(-c2ccc(F)c(Cl)c2)c1=O)Nc1ccccc1Cl. The highest BCUT2D eigenvalue weighted by atomic mass is 35.5. The maximum Gasteiger partial charge on any atom is 0.287 e. The van der Waals surface area contributed by atoms with Gasteiger partial charge in [-0.15, -0.1) is 0 Å². The zero-order chi connectivity index (χ0) is 19.4. The number of hydrogen-bond donors (Lipinski definition) is 1. The van der Waals surface area contributed by atoms with Gasteiger partial charge < -0.3 is 5.32 Å². The number of thioether (sulfide) groups is 1. The summed E-state index contributed by atoms with van der Waals surface area (Å²) >= 11 is 12.8. The third-order valence-corrected chi connectivity index (χ3v) is 5.06. The molecular formula is C18H12Cl2FN3O2S. The number of rotatable bonds is 5. The first-order valence-corrected chi connectivity index (χ1v) is 9.40. The summed E-state index contributed by atoms with van der Waals surface area (Å²) in [7, 11) is 0. The molecule has 0 spiro atoms. The van der Waals surface area contributed by atoms with Crippen molar-refractivity contribution in [3.8, 4) is 5.69 Å². The lowest BCUT2D eigenvalue weighted by Gasteiger charge is -2.09. The van der Waals surface area contributed by atoms with Crippen molar-refractivity contribution in [3.05, 3.63) is 81.1 Å². The van der Waals surface area contributed by atoms with E-state index in [0.29, 0.717) is 16.4 Å². The zero-order valence-corrected chi connectivity index (χ0v) is 16.0. The summed E-state index contributed by atoms with van der Waals surface area (Å²) in [6.07, 6.45) is 2.87. The van der Waals surface area contributed by atoms with Crippen LogP contribution >= 0.6 is 35.0 Å². The van der Waals surface area contributed by atoms with Crippen LogP contribution in [0.5, 0.6) is 0 Å². The lowest BCUT2D eigenvalue weighted by atomic mass is 10.3. The molecule has 1 amide bonds. The van der Waals surface area contributed by atoms with E-state index < -0.39 is 11.4 Å². The molecule has 0 atom stereocenters. The molecule has 3 rings (SSSR count). The Balaban J connectivity index is 1.74. The quantitative estimate of drug-likeness (QED) is 0.617. The third kappa shape index (κ3) is 4.68. The van der Waals surface area contributed by atoms with E-state index in [1.54, 1.807) is 24.3 Å². The van der Waals surface area contributed by atoms with Crippen molar-refractivity contribution in [2.24, 2.45) is 0 Å². The minimum Gasteiger partial charge on any atom is -0.324 e. The molecule has 5 nitrogen and oxygen atoms in total. The Morgan fingerprint density at radius 1 is 1.19 bits per heavy atom. The Morgan fingerprint density at radius 3 is 2.70 bits per heavy atom. The number of anilines is 1. The van der Waals surface area contributed by atoms with E-state index in [0.717, 1.165) is 11.8 Å². The monoisotopic (exact) mass is 423 g/mol. The van der Waals surface area contributed by atoms with E-state index in [4.69, 9.17) is 23.2 Å². The first-order valence-electron chi connectivity index (χ1n) is 7.66. The molecule has 0 unspecified atom stereocenters. The van der Waals surface area contributed by atoms with Gasteiger partial charge in [-0.2, -0.15) is 0 Å². The van der Waals surface area contributed by atoms with Crippen LogP contribution in [-0.4, -0.2) is 21.2 Å². The van der Waals surface area contributed by atoms with Crippen LogP contribution in [0.2, 0.25) is 10.0 Å². The first-order chi connectivity index (χ1) is 13.0. The number of amides is 1. The second-order valence-corrected chi connectivity index (χ2v) is 7.10. The number of nitrogens with zero attached hydrogens (tertiary/aromatic N) is 2. The lowest BCUT2D eigenvalue weighted by molar-refractivity contribution is -0.113. The molecule has 0 saturated heterocycles. The van der Waals surface area contributed by atoms with Crippen molar-refractivity contribution in [1.82, 2.24) is 9.55 Å². The van der Waals surface area contributed by atoms with E-state index in [1.165, 1.54) is 35.2 Å². The van der Waals surface area contributed by atoms with Gasteiger partial charge in [0.05, 0.1) is 27.2 Å². The molecule has 9 heteroatoms. The van der Waals surface area contributed by atoms with Crippen LogP contribution in [0.3, 0.4) is 0 Å². The molecule has 1 N–H and O–H groups in total. The average Bonchev–Trinajstić information content (AvgIpc) is 2.65. The first kappa shape index (κ1) is 19.4. The predicted molar refractivity (Wildman–Crippen MR) is 106 cm³/mol. The van der Waals surface area contributed by atoms with Crippen LogP contribution in [0.1, 0.15) is 0 Å². The van der Waals surface area contributed by atoms with Crippen molar-refractivity contribution in [1.29, 1.82) is 0 Å². The van der Waals surface area contributed by atoms with Crippen LogP contribution in [0.4, 0.5) is 10.1 Å². The van der Waals surface area contributed by atoms with Crippen LogP contribution in [0, 0.1) is 5.82 Å². The van der Waals surface area contributed by atoms with Gasteiger partial charge in [0.2, 0.25) is 5.91 Å². The number of hydrogen-bond acceptors (Lipinski definition) is 4. The highest BCUT2D eigenvalue weighted by Gasteiger charge is 2.12. The Morgan fingerprint density at radius 2 is 1.96 bits per heavy atom. The van der Waals surface area contributed by atoms with Crippen LogP contribution in [0.15, 0.2) is 64.7 Å². The molecule has 3 aromatic rings. The molecule has 0 fully saturated rings. The summed E-state index contributed by atoms with van der Waals surface area (Å²) in [5, 5.41) is 3.13. The van der Waals surface area contributed by atoms with Gasteiger partial charge in [0.15, 0.2) is 5.03 Å². The Hall–Kier alpha value is -2.35. The minimum atomic E-state index is -0.576. The maximum absolute atomic E-state index is 13.3. The fraction of sp³-hybridized carbons (Fsp3) is 0.0556. The number of halogens is 3. The van der Waals surface area contributed by atoms with Gasteiger partial charge in [-0.1, -0.05) is 47.1 Å². The van der Waals surface area contributed by atoms with Crippen LogP contribution in [0.25, 0.3) is 5.69 Å². The molecule has 1 aromatic heterocycles. The van der Waals surface area contributed by atoms with Gasteiger partial charge in [0.25, 0.3) is 5.56 Å². The summed E-state index contributed by atoms with van der Waals surface area (Å²) in [6.45, 7) is 0. The number of carbonyl (C=O) groups excluding carboxylic acids is 1. The molecule has 0 aliphatic heterocycles. The van der Waals surface area contributed by atoms with Crippen molar-refractivity contribution in [2.45, 2.75) is 5.03 Å². The summed E-state index contributed by atoms with van der Waals surface area (Å²) in [5.74, 6) is -0.926. The molecule has 0 aliphatic rings. The summed E-state index contributed by atoms with van der Waals surface area (Å²) in [4.78, 5) is 28.7. The van der Waals surface area contributed by atoms with Crippen molar-refractivity contribution in [3.63, 3.8) is 0 Å². The molecule has 0 bridgehead atoms. The van der Waals surface area contributed by atoms with Gasteiger partial charge in [-0.3, -0.25) is 14.2 Å². The Labute approximate surface area is 168 Å². The van der Waals surface area contributed by atoms with Crippen LogP contribution < -0.4 is 10.9 Å². The van der Waals surface area contributed by atoms with Gasteiger partial charge in [0.1, 0.15) is 5.82 Å². The highest BCUT2D eigenvalue weighted by molar-refractivity contribution is 7.99. The normalized spacial score (nSPS) is 10.6. The number of aromatic nitrogens is 2. The fourth-order valence-corrected chi connectivity index (χ4v) is 3.27. The number of benzene rings is 2. The fourth-order valence-electron chi connectivity index (χ4n) is 2.21. The smallest absolute Gasteiger partial charge is 0.287 e. The van der Waals surface area contributed by atoms with Gasteiger partial charge >= 0.3 is 0 Å². The molecule has 0 radical (unpaired) electrons. The van der Waals surface area contributed by atoms with E-state index in [-0.39, 0.29) is 21.7 Å². The number of nitrogens with one attached hydrogen (secondary N) is 1. The minimum absolute atomic E-state index is 0.0261. The molecule has 27 heavy (non-hydrogen) atoms. The largest absolute Gasteiger partial charge is 0.324 e. The predicted octanol–water partition coefficient (Wildman–Crippen LogP) is 4.41. The summed E-state index contributed by atoms with van der Waals surface area (Å²) in [6, 6.07) is 10.8. The second-order valence-electron chi connectivity index (χ2n) is 5.32. The number of para-hydroxylation sites is 1. The maximum atomic E-state index is 13.3. The second kappa shape index (κ2) is 8.56. The van der Waals surface area contributed by atoms with Crippen molar-refractivity contribution < 1.29 is 9.18 Å². The highest BCUT2D eigenvalue weighted by Crippen LogP contribution is 2.21. The van der Waals surface area contributed by atoms with Gasteiger partial charge in [-0.05, 0) is 30.3 Å². The van der Waals surface area contributed by atoms with Crippen molar-refractivity contribution in [2.75, 3.05) is 11.1 Å². The van der Waals surface area contributed by atoms with Crippen LogP contribution in [-0.2, 0) is 4.79 Å². The molecule has 138 valence electrons. The molecule has 0 aliphatic carbocycles. The third-order valence-electron chi connectivity index (χ3n) is 3.48. The zero-order valence-electron chi connectivity index (χ0n) is 13.7. The van der Waals surface area contributed by atoms with Gasteiger partial charge in [0, 0.05) is 12.4 Å². The van der Waals surface area contributed by atoms with E-state index in [9.17, 15) is 14.0 Å². The average molecular weight is 424 g/mol. The van der Waals surface area contributed by atoms with E-state index in [2.05, 4.69) is 10.3 Å². The van der Waals surface area contributed by atoms with E-state index >= 15 is 0 Å². The standard InChI is InChI=1S/C18H12Cl2FN3O2S/c19-12-3-1-2-4-15(12)23-16(25)10-27-17-18(26)24(8-7-22-17)11-5-6-14(21)13(20)9-11/h1-9H,10H2,(H,23,25). The molecule has 0 saturated carbocycles. The van der Waals surface area contributed by atoms with Crippen molar-refractivity contribution >= 4 is 46.6 Å². The Kier molecular flexibility index (Phi) is 6.15. The number of carbonyl (C=O) groups is 1. The summed E-state index contributed by atoms with van der Waals surface area (Å²) in [5.41, 5.74) is 0.455.